The van der Waals surface area contributed by atoms with Gasteiger partial charge in [-0.05, 0) is 19.1 Å². The van der Waals surface area contributed by atoms with E-state index in [1.54, 1.807) is 12.1 Å². The summed E-state index contributed by atoms with van der Waals surface area (Å²) in [5.41, 5.74) is 6.53. The monoisotopic (exact) mass is 261 g/mol. The van der Waals surface area contributed by atoms with E-state index in [0.29, 0.717) is 23.3 Å². The number of hydrogen-bond donors (Lipinski definition) is 1. The molecule has 0 spiro atoms. The summed E-state index contributed by atoms with van der Waals surface area (Å²) in [6.07, 6.45) is 0. The van der Waals surface area contributed by atoms with Crippen molar-refractivity contribution in [1.82, 2.24) is 0 Å². The summed E-state index contributed by atoms with van der Waals surface area (Å²) in [6.45, 7) is 2.78. The Morgan fingerprint density at radius 3 is 2.44 bits per heavy atom. The van der Waals surface area contributed by atoms with Crippen LogP contribution >= 0.6 is 23.2 Å². The fraction of sp³-hybridized carbons (Fsp3) is 0.455. The highest BCUT2D eigenvalue weighted by atomic mass is 35.5. The van der Waals surface area contributed by atoms with Gasteiger partial charge >= 0.3 is 0 Å². The molecular formula is C11H13Cl2NO2. The van der Waals surface area contributed by atoms with E-state index in [0.717, 1.165) is 5.56 Å². The normalized spacial score (nSPS) is 30.4. The Balaban J connectivity index is 2.25. The maximum atomic E-state index is 5.96. The summed E-state index contributed by atoms with van der Waals surface area (Å²) in [4.78, 5) is 0. The van der Waals surface area contributed by atoms with Crippen LogP contribution < -0.4 is 5.73 Å². The number of rotatable bonds is 1. The fourth-order valence-electron chi connectivity index (χ4n) is 1.57. The summed E-state index contributed by atoms with van der Waals surface area (Å²) in [6, 6.07) is 5.24. The first-order valence-electron chi connectivity index (χ1n) is 5.00. The van der Waals surface area contributed by atoms with Crippen LogP contribution in [0, 0.1) is 0 Å². The van der Waals surface area contributed by atoms with Gasteiger partial charge in [-0.15, -0.1) is 0 Å². The van der Waals surface area contributed by atoms with Gasteiger partial charge in [0.1, 0.15) is 0 Å². The van der Waals surface area contributed by atoms with Crippen LogP contribution in [0.5, 0.6) is 0 Å². The van der Waals surface area contributed by atoms with Crippen LogP contribution in [-0.2, 0) is 15.3 Å². The summed E-state index contributed by atoms with van der Waals surface area (Å²) in [5.74, 6) is -0.788. The van der Waals surface area contributed by atoms with Gasteiger partial charge in [-0.1, -0.05) is 29.3 Å². The second kappa shape index (κ2) is 4.51. The minimum atomic E-state index is -0.788. The van der Waals surface area contributed by atoms with Crippen molar-refractivity contribution in [2.45, 2.75) is 18.8 Å². The third kappa shape index (κ3) is 2.34. The summed E-state index contributed by atoms with van der Waals surface area (Å²) < 4.78 is 11.2. The second-order valence-corrected chi connectivity index (χ2v) is 4.77. The van der Waals surface area contributed by atoms with Gasteiger partial charge in [0.15, 0.2) is 5.79 Å². The Morgan fingerprint density at radius 1 is 1.25 bits per heavy atom. The molecule has 16 heavy (non-hydrogen) atoms. The van der Waals surface area contributed by atoms with Crippen LogP contribution in [-0.4, -0.2) is 19.3 Å². The lowest BCUT2D eigenvalue weighted by Gasteiger charge is -2.36. The highest BCUT2D eigenvalue weighted by Crippen LogP contribution is 2.33. The van der Waals surface area contributed by atoms with E-state index < -0.39 is 5.79 Å². The molecule has 0 radical (unpaired) electrons. The first-order chi connectivity index (χ1) is 7.51. The molecule has 0 unspecified atom stereocenters. The van der Waals surface area contributed by atoms with Gasteiger partial charge in [0, 0.05) is 5.56 Å². The lowest BCUT2D eigenvalue weighted by Crippen LogP contribution is -2.46. The smallest absolute Gasteiger partial charge is 0.192 e. The molecule has 1 aromatic rings. The van der Waals surface area contributed by atoms with Crippen LogP contribution in [0.2, 0.25) is 10.0 Å². The van der Waals surface area contributed by atoms with Crippen molar-refractivity contribution in [3.63, 3.8) is 0 Å². The van der Waals surface area contributed by atoms with Gasteiger partial charge in [-0.25, -0.2) is 0 Å². The molecule has 1 fully saturated rings. The molecule has 5 heteroatoms. The summed E-state index contributed by atoms with van der Waals surface area (Å²) in [5, 5.41) is 1.00. The molecule has 0 aromatic heterocycles. The molecule has 0 atom stereocenters. The molecule has 1 aliphatic rings. The zero-order valence-corrected chi connectivity index (χ0v) is 10.4. The Bertz CT molecular complexity index is 390. The van der Waals surface area contributed by atoms with Gasteiger partial charge in [-0.2, -0.15) is 0 Å². The van der Waals surface area contributed by atoms with E-state index in [1.165, 1.54) is 0 Å². The number of halogens is 2. The molecule has 2 rings (SSSR count). The molecule has 88 valence electrons. The molecule has 3 nitrogen and oxygen atoms in total. The van der Waals surface area contributed by atoms with Crippen molar-refractivity contribution >= 4 is 23.2 Å². The molecule has 1 aliphatic heterocycles. The zero-order valence-electron chi connectivity index (χ0n) is 8.87. The van der Waals surface area contributed by atoms with Gasteiger partial charge in [0.25, 0.3) is 0 Å². The Hall–Kier alpha value is -0.320. The molecule has 1 heterocycles. The molecule has 2 N–H and O–H groups in total. The fourth-order valence-corrected chi connectivity index (χ4v) is 1.87. The number of hydrogen-bond acceptors (Lipinski definition) is 3. The lowest BCUT2D eigenvalue weighted by atomic mass is 10.1. The highest BCUT2D eigenvalue weighted by molar-refractivity contribution is 6.42. The SMILES string of the molecule is CC1(c2ccc(Cl)c(Cl)c2)OCC(N)CO1. The predicted octanol–water partition coefficient (Wildman–Crippen LogP) is 2.54. The first kappa shape index (κ1) is 12.1. The largest absolute Gasteiger partial charge is 0.344 e. The quantitative estimate of drug-likeness (QED) is 0.845. The minimum absolute atomic E-state index is 0.0733. The van der Waals surface area contributed by atoms with Crippen LogP contribution in [0.1, 0.15) is 12.5 Å². The number of benzene rings is 1. The van der Waals surface area contributed by atoms with E-state index in [9.17, 15) is 0 Å². The van der Waals surface area contributed by atoms with Crippen molar-refractivity contribution in [1.29, 1.82) is 0 Å². The van der Waals surface area contributed by atoms with Crippen molar-refractivity contribution in [2.75, 3.05) is 13.2 Å². The van der Waals surface area contributed by atoms with E-state index in [-0.39, 0.29) is 6.04 Å². The molecule has 1 aromatic carbocycles. The van der Waals surface area contributed by atoms with Crippen molar-refractivity contribution in [3.05, 3.63) is 33.8 Å². The van der Waals surface area contributed by atoms with Gasteiger partial charge in [0.2, 0.25) is 0 Å². The molecule has 0 saturated carbocycles. The van der Waals surface area contributed by atoms with Crippen molar-refractivity contribution < 1.29 is 9.47 Å². The van der Waals surface area contributed by atoms with E-state index >= 15 is 0 Å². The first-order valence-corrected chi connectivity index (χ1v) is 5.76. The van der Waals surface area contributed by atoms with Crippen LogP contribution in [0.15, 0.2) is 18.2 Å². The van der Waals surface area contributed by atoms with Crippen LogP contribution in [0.4, 0.5) is 0 Å². The van der Waals surface area contributed by atoms with Crippen molar-refractivity contribution in [2.24, 2.45) is 5.73 Å². The predicted molar refractivity (Wildman–Crippen MR) is 63.7 cm³/mol. The van der Waals surface area contributed by atoms with Crippen LogP contribution in [0.25, 0.3) is 0 Å². The van der Waals surface area contributed by atoms with E-state index in [2.05, 4.69) is 0 Å². The minimum Gasteiger partial charge on any atom is -0.344 e. The van der Waals surface area contributed by atoms with Gasteiger partial charge < -0.3 is 15.2 Å². The van der Waals surface area contributed by atoms with Crippen molar-refractivity contribution in [3.8, 4) is 0 Å². The zero-order chi connectivity index (χ0) is 11.8. The lowest BCUT2D eigenvalue weighted by molar-refractivity contribution is -0.270. The summed E-state index contributed by atoms with van der Waals surface area (Å²) in [7, 11) is 0. The Morgan fingerprint density at radius 2 is 1.88 bits per heavy atom. The standard InChI is InChI=1S/C11H13Cl2NO2/c1-11(15-5-8(14)6-16-11)7-2-3-9(12)10(13)4-7/h2-4,8H,5-6,14H2,1H3. The average molecular weight is 262 g/mol. The molecular weight excluding hydrogens is 249 g/mol. The third-order valence-electron chi connectivity index (χ3n) is 2.59. The topological polar surface area (TPSA) is 44.5 Å². The van der Waals surface area contributed by atoms with Gasteiger partial charge in [0.05, 0.1) is 29.3 Å². The maximum Gasteiger partial charge on any atom is 0.192 e. The van der Waals surface area contributed by atoms with E-state index in [4.69, 9.17) is 38.4 Å². The summed E-state index contributed by atoms with van der Waals surface area (Å²) >= 11 is 11.8. The Kier molecular flexibility index (Phi) is 3.42. The second-order valence-electron chi connectivity index (χ2n) is 3.96. The van der Waals surface area contributed by atoms with E-state index in [1.807, 2.05) is 13.0 Å². The maximum absolute atomic E-state index is 5.96. The molecule has 0 amide bonds. The highest BCUT2D eigenvalue weighted by Gasteiger charge is 2.34. The van der Waals surface area contributed by atoms with Gasteiger partial charge in [-0.3, -0.25) is 0 Å². The van der Waals surface area contributed by atoms with Crippen LogP contribution in [0.3, 0.4) is 0 Å². The molecule has 0 bridgehead atoms. The number of ether oxygens (including phenoxy) is 2. The molecule has 0 aliphatic carbocycles. The average Bonchev–Trinajstić information content (AvgIpc) is 2.26. The molecule has 1 saturated heterocycles. The Labute approximate surface area is 104 Å². The number of nitrogens with two attached hydrogens (primary N) is 1. The third-order valence-corrected chi connectivity index (χ3v) is 3.33.